The molecule has 1 aromatic heterocycles. The maximum atomic E-state index is 9.41. The van der Waals surface area contributed by atoms with Crippen molar-refractivity contribution >= 4 is 23.4 Å². The van der Waals surface area contributed by atoms with Crippen LogP contribution in [-0.4, -0.2) is 13.6 Å². The summed E-state index contributed by atoms with van der Waals surface area (Å²) < 4.78 is 0. The Hall–Kier alpha value is -1.54. The summed E-state index contributed by atoms with van der Waals surface area (Å²) in [7, 11) is 2.19. The highest BCUT2D eigenvalue weighted by Gasteiger charge is 2.25. The summed E-state index contributed by atoms with van der Waals surface area (Å²) in [5, 5.41) is 11.1. The molecule has 2 N–H and O–H groups in total. The quantitative estimate of drug-likeness (QED) is 0.873. The number of hydrogen-bond donors (Lipinski definition) is 1. The van der Waals surface area contributed by atoms with Crippen LogP contribution >= 0.6 is 23.4 Å². The van der Waals surface area contributed by atoms with Crippen LogP contribution in [0.4, 0.5) is 0 Å². The van der Waals surface area contributed by atoms with Crippen LogP contribution < -0.4 is 9.88 Å². The van der Waals surface area contributed by atoms with E-state index in [1.165, 1.54) is 21.7 Å². The van der Waals surface area contributed by atoms with E-state index >= 15 is 0 Å². The monoisotopic (exact) mass is 331 g/mol. The molecule has 0 fully saturated rings. The van der Waals surface area contributed by atoms with Crippen molar-refractivity contribution in [2.75, 3.05) is 13.6 Å². The number of halogens is 1. The molecule has 1 aliphatic rings. The predicted molar refractivity (Wildman–Crippen MR) is 87.9 cm³/mol. The molecule has 0 saturated heterocycles. The van der Waals surface area contributed by atoms with Crippen molar-refractivity contribution in [2.24, 2.45) is 0 Å². The molecule has 22 heavy (non-hydrogen) atoms. The zero-order valence-corrected chi connectivity index (χ0v) is 14.0. The smallest absolute Gasteiger partial charge is 0.256 e. The highest BCUT2D eigenvalue weighted by molar-refractivity contribution is 7.98. The molecule has 2 aromatic rings. The average molecular weight is 332 g/mol. The highest BCUT2D eigenvalue weighted by Crippen LogP contribution is 2.24. The fourth-order valence-electron chi connectivity index (χ4n) is 2.68. The number of likely N-dealkylation sites (N-methyl/N-ethyl adjacent to an activating group) is 1. The Balaban J connectivity index is 1.81. The molecular weight excluding hydrogens is 314 g/mol. The van der Waals surface area contributed by atoms with E-state index in [-0.39, 0.29) is 0 Å². The molecule has 0 bridgehead atoms. The Morgan fingerprint density at radius 1 is 1.36 bits per heavy atom. The van der Waals surface area contributed by atoms with Crippen molar-refractivity contribution in [1.82, 2.24) is 0 Å². The van der Waals surface area contributed by atoms with Crippen molar-refractivity contribution in [3.8, 4) is 6.07 Å². The van der Waals surface area contributed by atoms with E-state index in [0.29, 0.717) is 0 Å². The minimum absolute atomic E-state index is 0.743. The third-order valence-electron chi connectivity index (χ3n) is 3.93. The van der Waals surface area contributed by atoms with Crippen molar-refractivity contribution in [2.45, 2.75) is 23.7 Å². The highest BCUT2D eigenvalue weighted by atomic mass is 35.5. The van der Waals surface area contributed by atoms with E-state index in [1.54, 1.807) is 11.8 Å². The number of aromatic nitrogens is 1. The van der Waals surface area contributed by atoms with Gasteiger partial charge in [-0.25, -0.2) is 4.98 Å². The summed E-state index contributed by atoms with van der Waals surface area (Å²) in [5.74, 6) is 0.826. The minimum Gasteiger partial charge on any atom is -0.333 e. The molecule has 1 aliphatic heterocycles. The number of aromatic amines is 1. The van der Waals surface area contributed by atoms with Crippen molar-refractivity contribution in [3.63, 3.8) is 0 Å². The Morgan fingerprint density at radius 2 is 2.14 bits per heavy atom. The van der Waals surface area contributed by atoms with Gasteiger partial charge >= 0.3 is 0 Å². The molecule has 2 heterocycles. The molecule has 0 saturated carbocycles. The molecule has 0 amide bonds. The zero-order valence-electron chi connectivity index (χ0n) is 12.4. The van der Waals surface area contributed by atoms with Gasteiger partial charge < -0.3 is 4.90 Å². The molecule has 1 atom stereocenters. The second-order valence-electron chi connectivity index (χ2n) is 5.68. The van der Waals surface area contributed by atoms with Gasteiger partial charge in [0.05, 0.1) is 25.6 Å². The molecule has 3 nitrogen and oxygen atoms in total. The van der Waals surface area contributed by atoms with Gasteiger partial charge in [-0.2, -0.15) is 5.26 Å². The number of thioether (sulfide) groups is 1. The van der Waals surface area contributed by atoms with Crippen LogP contribution in [0.5, 0.6) is 0 Å². The van der Waals surface area contributed by atoms with Crippen LogP contribution in [-0.2, 0) is 18.7 Å². The molecule has 1 unspecified atom stereocenters. The number of hydrogen-bond acceptors (Lipinski definition) is 2. The topological polar surface area (TPSA) is 42.4 Å². The summed E-state index contributed by atoms with van der Waals surface area (Å²) in [4.78, 5) is 4.98. The number of nitrogens with zero attached hydrogens (tertiary/aromatic N) is 1. The largest absolute Gasteiger partial charge is 0.333 e. The van der Waals surface area contributed by atoms with Crippen LogP contribution in [0.25, 0.3) is 0 Å². The molecule has 0 aliphatic carbocycles. The molecule has 112 valence electrons. The molecule has 5 heteroatoms. The van der Waals surface area contributed by atoms with Crippen LogP contribution in [0.2, 0.25) is 5.02 Å². The van der Waals surface area contributed by atoms with E-state index < -0.39 is 0 Å². The molecule has 1 aromatic carbocycles. The summed E-state index contributed by atoms with van der Waals surface area (Å²) in [6.07, 6.45) is 1.04. The van der Waals surface area contributed by atoms with Gasteiger partial charge in [-0.3, -0.25) is 0 Å². The van der Waals surface area contributed by atoms with Crippen molar-refractivity contribution in [1.29, 1.82) is 5.26 Å². The number of benzene rings is 1. The van der Waals surface area contributed by atoms with E-state index in [9.17, 15) is 5.26 Å². The lowest BCUT2D eigenvalue weighted by Crippen LogP contribution is -3.08. The molecule has 0 spiro atoms. The second-order valence-corrected chi connectivity index (χ2v) is 7.10. The van der Waals surface area contributed by atoms with Gasteiger partial charge in [0.25, 0.3) is 5.03 Å². The predicted octanol–water partition coefficient (Wildman–Crippen LogP) is 1.89. The Bertz CT molecular complexity index is 722. The summed E-state index contributed by atoms with van der Waals surface area (Å²) >= 11 is 7.59. The lowest BCUT2D eigenvalue weighted by Gasteiger charge is -2.19. The normalized spacial score (nSPS) is 16.9. The number of pyridine rings is 1. The van der Waals surface area contributed by atoms with Gasteiger partial charge in [0.1, 0.15) is 18.2 Å². The van der Waals surface area contributed by atoms with E-state index in [2.05, 4.69) is 24.2 Å². The summed E-state index contributed by atoms with van der Waals surface area (Å²) in [6, 6.07) is 12.2. The van der Waals surface area contributed by atoms with Crippen molar-refractivity contribution < 1.29 is 9.88 Å². The van der Waals surface area contributed by atoms with E-state index in [1.807, 2.05) is 24.3 Å². The summed E-state index contributed by atoms with van der Waals surface area (Å²) in [6.45, 7) is 2.12. The number of nitriles is 1. The van der Waals surface area contributed by atoms with Crippen molar-refractivity contribution in [3.05, 3.63) is 57.7 Å². The number of H-pyrrole nitrogens is 1. The number of nitrogens with one attached hydrogen (secondary N) is 2. The first-order valence-corrected chi connectivity index (χ1v) is 8.69. The SMILES string of the molecule is C[NH+]1CCc2[nH+]c(SCc3ccc(Cl)cc3)c(C#N)cc2C1. The summed E-state index contributed by atoms with van der Waals surface area (Å²) in [5.41, 5.74) is 4.50. The average Bonchev–Trinajstić information content (AvgIpc) is 2.53. The van der Waals surface area contributed by atoms with Gasteiger partial charge in [0.15, 0.2) is 5.69 Å². The zero-order chi connectivity index (χ0) is 15.5. The maximum Gasteiger partial charge on any atom is 0.256 e. The van der Waals surface area contributed by atoms with Gasteiger partial charge in [0.2, 0.25) is 0 Å². The third kappa shape index (κ3) is 3.44. The Morgan fingerprint density at radius 3 is 2.86 bits per heavy atom. The van der Waals surface area contributed by atoms with Gasteiger partial charge in [-0.15, -0.1) is 0 Å². The fourth-order valence-corrected chi connectivity index (χ4v) is 3.76. The van der Waals surface area contributed by atoms with Crippen LogP contribution in [0.3, 0.4) is 0 Å². The Kier molecular flexibility index (Phi) is 4.68. The maximum absolute atomic E-state index is 9.41. The second kappa shape index (κ2) is 6.70. The minimum atomic E-state index is 0.743. The van der Waals surface area contributed by atoms with E-state index in [4.69, 9.17) is 11.6 Å². The standard InChI is InChI=1S/C17H16ClN3S/c1-21-7-6-16-14(10-21)8-13(9-19)17(20-16)22-11-12-2-4-15(18)5-3-12/h2-5,8H,6-7,10-11H2,1H3/p+2. The van der Waals surface area contributed by atoms with Gasteiger partial charge in [-0.1, -0.05) is 35.5 Å². The first-order valence-electron chi connectivity index (χ1n) is 7.32. The number of quaternary nitrogens is 1. The Labute approximate surface area is 139 Å². The lowest BCUT2D eigenvalue weighted by atomic mass is 10.0. The van der Waals surface area contributed by atoms with Crippen LogP contribution in [0, 0.1) is 11.3 Å². The number of fused-ring (bicyclic) bond motifs is 1. The number of rotatable bonds is 3. The van der Waals surface area contributed by atoms with Gasteiger partial charge in [-0.05, 0) is 23.8 Å². The first-order chi connectivity index (χ1) is 10.7. The molecule has 3 rings (SSSR count). The van der Waals surface area contributed by atoms with Crippen LogP contribution in [0.15, 0.2) is 35.4 Å². The van der Waals surface area contributed by atoms with Gasteiger partial charge in [0, 0.05) is 10.8 Å². The molecular formula is C17H18ClN3S+2. The lowest BCUT2D eigenvalue weighted by molar-refractivity contribution is -0.897. The molecule has 0 radical (unpaired) electrons. The van der Waals surface area contributed by atoms with E-state index in [0.717, 1.165) is 40.9 Å². The fraction of sp³-hybridized carbons (Fsp3) is 0.294. The van der Waals surface area contributed by atoms with Crippen LogP contribution in [0.1, 0.15) is 22.4 Å². The first kappa shape index (κ1) is 15.4. The third-order valence-corrected chi connectivity index (χ3v) is 5.27.